The Morgan fingerprint density at radius 2 is 1.75 bits per heavy atom. The molecule has 0 aliphatic rings. The lowest BCUT2D eigenvalue weighted by atomic mass is 10.2. The minimum Gasteiger partial charge on any atom is -0.493 e. The van der Waals surface area contributed by atoms with E-state index >= 15 is 0 Å². The summed E-state index contributed by atoms with van der Waals surface area (Å²) in [5.74, 6) is 1.44. The average Bonchev–Trinajstić information content (AvgIpc) is 2.36. The molecule has 2 rings (SSSR count). The molecule has 3 nitrogen and oxygen atoms in total. The highest BCUT2D eigenvalue weighted by atomic mass is 32.2. The van der Waals surface area contributed by atoms with E-state index in [9.17, 15) is 0 Å². The smallest absolute Gasteiger partial charge is 0.162 e. The standard InChI is InChI=1S/C12H13NO2S/c1-14-10-6-8-4-5-12(16-3)13-9(8)7-11(10)15-2/h4-7H,1-3H3. The first-order valence-electron chi connectivity index (χ1n) is 4.85. The molecule has 0 radical (unpaired) electrons. The summed E-state index contributed by atoms with van der Waals surface area (Å²) in [7, 11) is 3.26. The lowest BCUT2D eigenvalue weighted by Gasteiger charge is -2.09. The van der Waals surface area contributed by atoms with E-state index in [1.165, 1.54) is 0 Å². The van der Waals surface area contributed by atoms with E-state index in [-0.39, 0.29) is 0 Å². The Hall–Kier alpha value is -1.42. The second-order valence-electron chi connectivity index (χ2n) is 3.25. The summed E-state index contributed by atoms with van der Waals surface area (Å²) in [4.78, 5) is 4.51. The number of benzene rings is 1. The molecule has 0 atom stereocenters. The lowest BCUT2D eigenvalue weighted by Crippen LogP contribution is -1.91. The molecule has 0 bridgehead atoms. The Bertz CT molecular complexity index is 514. The van der Waals surface area contributed by atoms with Crippen LogP contribution in [-0.4, -0.2) is 25.5 Å². The first-order chi connectivity index (χ1) is 7.78. The number of aromatic nitrogens is 1. The second-order valence-corrected chi connectivity index (χ2v) is 4.08. The highest BCUT2D eigenvalue weighted by Crippen LogP contribution is 2.32. The van der Waals surface area contributed by atoms with Gasteiger partial charge in [-0.25, -0.2) is 4.98 Å². The summed E-state index contributed by atoms with van der Waals surface area (Å²) >= 11 is 1.62. The van der Waals surface area contributed by atoms with Gasteiger partial charge in [-0.15, -0.1) is 11.8 Å². The molecule has 0 aliphatic heterocycles. The van der Waals surface area contributed by atoms with Crippen LogP contribution in [0.4, 0.5) is 0 Å². The van der Waals surface area contributed by atoms with Crippen LogP contribution in [0.3, 0.4) is 0 Å². The molecule has 0 amide bonds. The summed E-state index contributed by atoms with van der Waals surface area (Å²) in [5.41, 5.74) is 0.921. The Morgan fingerprint density at radius 3 is 2.38 bits per heavy atom. The Labute approximate surface area is 98.8 Å². The van der Waals surface area contributed by atoms with Gasteiger partial charge in [0.15, 0.2) is 11.5 Å². The Morgan fingerprint density at radius 1 is 1.06 bits per heavy atom. The number of hydrogen-bond acceptors (Lipinski definition) is 4. The maximum atomic E-state index is 5.25. The number of ether oxygens (including phenoxy) is 2. The van der Waals surface area contributed by atoms with E-state index in [1.54, 1.807) is 26.0 Å². The van der Waals surface area contributed by atoms with E-state index < -0.39 is 0 Å². The van der Waals surface area contributed by atoms with Crippen molar-refractivity contribution >= 4 is 22.7 Å². The van der Waals surface area contributed by atoms with Crippen LogP contribution in [0.5, 0.6) is 11.5 Å². The topological polar surface area (TPSA) is 31.4 Å². The highest BCUT2D eigenvalue weighted by Gasteiger charge is 2.06. The quantitative estimate of drug-likeness (QED) is 0.765. The molecule has 1 heterocycles. The Balaban J connectivity index is 2.63. The molecule has 0 saturated carbocycles. The molecule has 4 heteroatoms. The first kappa shape index (κ1) is 11.1. The third kappa shape index (κ3) is 1.93. The maximum absolute atomic E-state index is 5.25. The van der Waals surface area contributed by atoms with Gasteiger partial charge in [-0.1, -0.05) is 0 Å². The van der Waals surface area contributed by atoms with Crippen molar-refractivity contribution in [2.75, 3.05) is 20.5 Å². The zero-order chi connectivity index (χ0) is 11.5. The summed E-state index contributed by atoms with van der Waals surface area (Å²) in [6, 6.07) is 7.87. The number of thioether (sulfide) groups is 1. The maximum Gasteiger partial charge on any atom is 0.162 e. The minimum absolute atomic E-state index is 0.709. The van der Waals surface area contributed by atoms with Crippen molar-refractivity contribution in [1.29, 1.82) is 0 Å². The number of fused-ring (bicyclic) bond motifs is 1. The number of rotatable bonds is 3. The SMILES string of the molecule is COc1cc2ccc(SC)nc2cc1OC. The van der Waals surface area contributed by atoms with Crippen LogP contribution in [0.15, 0.2) is 29.3 Å². The van der Waals surface area contributed by atoms with Gasteiger partial charge < -0.3 is 9.47 Å². The van der Waals surface area contributed by atoms with Crippen molar-refractivity contribution in [2.45, 2.75) is 5.03 Å². The largest absolute Gasteiger partial charge is 0.493 e. The fourth-order valence-corrected chi connectivity index (χ4v) is 1.94. The van der Waals surface area contributed by atoms with Gasteiger partial charge in [-0.05, 0) is 24.5 Å². The van der Waals surface area contributed by atoms with Gasteiger partial charge >= 0.3 is 0 Å². The third-order valence-corrected chi connectivity index (χ3v) is 3.02. The average molecular weight is 235 g/mol. The molecule has 16 heavy (non-hydrogen) atoms. The third-order valence-electron chi connectivity index (χ3n) is 2.38. The van der Waals surface area contributed by atoms with E-state index in [4.69, 9.17) is 9.47 Å². The molecular weight excluding hydrogens is 222 g/mol. The summed E-state index contributed by atoms with van der Waals surface area (Å²) in [5, 5.41) is 2.05. The first-order valence-corrected chi connectivity index (χ1v) is 6.07. The molecular formula is C12H13NO2S. The van der Waals surface area contributed by atoms with Gasteiger partial charge in [-0.2, -0.15) is 0 Å². The van der Waals surface area contributed by atoms with Crippen LogP contribution < -0.4 is 9.47 Å². The van der Waals surface area contributed by atoms with Crippen molar-refractivity contribution in [1.82, 2.24) is 4.98 Å². The van der Waals surface area contributed by atoms with Gasteiger partial charge in [-0.3, -0.25) is 0 Å². The predicted molar refractivity (Wildman–Crippen MR) is 66.6 cm³/mol. The number of methoxy groups -OCH3 is 2. The molecule has 0 spiro atoms. The van der Waals surface area contributed by atoms with Crippen molar-refractivity contribution in [2.24, 2.45) is 0 Å². The van der Waals surface area contributed by atoms with E-state index in [0.717, 1.165) is 21.7 Å². The summed E-state index contributed by atoms with van der Waals surface area (Å²) < 4.78 is 10.5. The van der Waals surface area contributed by atoms with Crippen LogP contribution in [0.2, 0.25) is 0 Å². The molecule has 0 unspecified atom stereocenters. The fraction of sp³-hybridized carbons (Fsp3) is 0.250. The molecule has 2 aromatic rings. The van der Waals surface area contributed by atoms with Crippen molar-refractivity contribution in [3.8, 4) is 11.5 Å². The van der Waals surface area contributed by atoms with E-state index in [1.807, 2.05) is 30.5 Å². The van der Waals surface area contributed by atoms with Crippen LogP contribution in [-0.2, 0) is 0 Å². The van der Waals surface area contributed by atoms with Crippen LogP contribution in [0.25, 0.3) is 10.9 Å². The summed E-state index contributed by atoms with van der Waals surface area (Å²) in [6.45, 7) is 0. The molecule has 0 aliphatic carbocycles. The molecule has 1 aromatic heterocycles. The van der Waals surface area contributed by atoms with Gasteiger partial charge in [0.2, 0.25) is 0 Å². The number of hydrogen-bond donors (Lipinski definition) is 0. The molecule has 0 fully saturated rings. The highest BCUT2D eigenvalue weighted by molar-refractivity contribution is 7.98. The van der Waals surface area contributed by atoms with E-state index in [2.05, 4.69) is 4.98 Å². The van der Waals surface area contributed by atoms with Crippen molar-refractivity contribution in [3.63, 3.8) is 0 Å². The van der Waals surface area contributed by atoms with Gasteiger partial charge in [0, 0.05) is 11.5 Å². The van der Waals surface area contributed by atoms with Crippen LogP contribution in [0.1, 0.15) is 0 Å². The van der Waals surface area contributed by atoms with Gasteiger partial charge in [0.1, 0.15) is 0 Å². The zero-order valence-corrected chi connectivity index (χ0v) is 10.3. The Kier molecular flexibility index (Phi) is 3.19. The molecule has 84 valence electrons. The van der Waals surface area contributed by atoms with Crippen LogP contribution >= 0.6 is 11.8 Å². The van der Waals surface area contributed by atoms with Crippen molar-refractivity contribution < 1.29 is 9.47 Å². The molecule has 1 aromatic carbocycles. The fourth-order valence-electron chi connectivity index (χ4n) is 1.55. The minimum atomic E-state index is 0.709. The monoisotopic (exact) mass is 235 g/mol. The van der Waals surface area contributed by atoms with Crippen molar-refractivity contribution in [3.05, 3.63) is 24.3 Å². The molecule has 0 saturated heterocycles. The number of nitrogens with zero attached hydrogens (tertiary/aromatic N) is 1. The van der Waals surface area contributed by atoms with Crippen LogP contribution in [0, 0.1) is 0 Å². The van der Waals surface area contributed by atoms with E-state index in [0.29, 0.717) is 5.75 Å². The summed E-state index contributed by atoms with van der Waals surface area (Å²) in [6.07, 6.45) is 2.01. The predicted octanol–water partition coefficient (Wildman–Crippen LogP) is 2.97. The normalized spacial score (nSPS) is 10.4. The van der Waals surface area contributed by atoms with Gasteiger partial charge in [0.05, 0.1) is 24.8 Å². The zero-order valence-electron chi connectivity index (χ0n) is 9.48. The number of pyridine rings is 1. The lowest BCUT2D eigenvalue weighted by molar-refractivity contribution is 0.356. The van der Waals surface area contributed by atoms with Gasteiger partial charge in [0.25, 0.3) is 0 Å². The second kappa shape index (κ2) is 4.61. The molecule has 0 N–H and O–H groups in total.